The van der Waals surface area contributed by atoms with E-state index in [1.54, 1.807) is 6.92 Å². The second kappa shape index (κ2) is 6.29. The Hall–Kier alpha value is -2.93. The van der Waals surface area contributed by atoms with Crippen molar-refractivity contribution in [2.24, 2.45) is 0 Å². The minimum Gasteiger partial charge on any atom is -0.342 e. The number of halogens is 1. The van der Waals surface area contributed by atoms with Crippen molar-refractivity contribution >= 4 is 34.2 Å². The van der Waals surface area contributed by atoms with Gasteiger partial charge in [0.15, 0.2) is 0 Å². The van der Waals surface area contributed by atoms with E-state index in [-0.39, 0.29) is 22.3 Å². The Morgan fingerprint density at radius 3 is 2.75 bits per heavy atom. The van der Waals surface area contributed by atoms with Crippen LogP contribution in [0.4, 0.5) is 5.69 Å². The lowest BCUT2D eigenvalue weighted by Crippen LogP contribution is -2.27. The summed E-state index contributed by atoms with van der Waals surface area (Å²) in [4.78, 5) is 30.1. The molecule has 0 fully saturated rings. The molecule has 0 spiro atoms. The first kappa shape index (κ1) is 15.9. The van der Waals surface area contributed by atoms with Crippen LogP contribution >= 0.6 is 11.6 Å². The van der Waals surface area contributed by atoms with Crippen molar-refractivity contribution in [3.63, 3.8) is 0 Å². The Balaban J connectivity index is 1.80. The van der Waals surface area contributed by atoms with Gasteiger partial charge in [-0.15, -0.1) is 0 Å². The fourth-order valence-electron chi connectivity index (χ4n) is 2.32. The number of amides is 1. The second-order valence-corrected chi connectivity index (χ2v) is 5.66. The molecule has 0 unspecified atom stereocenters. The van der Waals surface area contributed by atoms with Gasteiger partial charge in [-0.1, -0.05) is 23.7 Å². The number of nitro benzene ring substituents is 1. The van der Waals surface area contributed by atoms with E-state index in [0.717, 1.165) is 17.1 Å². The molecule has 2 aromatic carbocycles. The van der Waals surface area contributed by atoms with Gasteiger partial charge >= 0.3 is 0 Å². The number of nitro groups is 1. The van der Waals surface area contributed by atoms with Crippen LogP contribution in [0, 0.1) is 10.1 Å². The van der Waals surface area contributed by atoms with Gasteiger partial charge in [0.05, 0.1) is 32.6 Å². The third-order valence-electron chi connectivity index (χ3n) is 3.57. The van der Waals surface area contributed by atoms with Crippen molar-refractivity contribution in [3.8, 4) is 0 Å². The summed E-state index contributed by atoms with van der Waals surface area (Å²) in [5.41, 5.74) is 1.69. The van der Waals surface area contributed by atoms with Crippen molar-refractivity contribution in [3.05, 3.63) is 69.0 Å². The van der Waals surface area contributed by atoms with E-state index in [1.165, 1.54) is 12.1 Å². The summed E-state index contributed by atoms with van der Waals surface area (Å²) >= 11 is 5.97. The van der Waals surface area contributed by atoms with Gasteiger partial charge in [0.25, 0.3) is 11.6 Å². The summed E-state index contributed by atoms with van der Waals surface area (Å²) in [6.07, 6.45) is 0. The molecule has 7 nitrogen and oxygen atoms in total. The molecule has 122 valence electrons. The molecular weight excluding hydrogens is 332 g/mol. The number of nitrogens with zero attached hydrogens (tertiary/aromatic N) is 2. The monoisotopic (exact) mass is 344 g/mol. The third kappa shape index (κ3) is 3.07. The van der Waals surface area contributed by atoms with Gasteiger partial charge in [-0.3, -0.25) is 14.9 Å². The third-order valence-corrected chi connectivity index (χ3v) is 3.89. The highest BCUT2D eigenvalue weighted by Crippen LogP contribution is 2.23. The van der Waals surface area contributed by atoms with Crippen LogP contribution < -0.4 is 5.32 Å². The number of aromatic amines is 1. The number of H-pyrrole nitrogens is 1. The minimum atomic E-state index is -0.565. The number of hydrogen-bond donors (Lipinski definition) is 2. The molecule has 8 heteroatoms. The van der Waals surface area contributed by atoms with Crippen molar-refractivity contribution < 1.29 is 9.72 Å². The van der Waals surface area contributed by atoms with E-state index in [1.807, 2.05) is 24.3 Å². The average molecular weight is 345 g/mol. The number of hydrogen-bond acceptors (Lipinski definition) is 4. The van der Waals surface area contributed by atoms with Gasteiger partial charge in [0, 0.05) is 12.1 Å². The number of carbonyl (C=O) groups is 1. The molecule has 0 radical (unpaired) electrons. The maximum Gasteiger partial charge on any atom is 0.270 e. The summed E-state index contributed by atoms with van der Waals surface area (Å²) in [5.74, 6) is 0.186. The topological polar surface area (TPSA) is 101 Å². The first-order valence-corrected chi connectivity index (χ1v) is 7.53. The molecule has 0 aliphatic carbocycles. The molecule has 0 saturated heterocycles. The normalized spacial score (nSPS) is 12.1. The zero-order valence-corrected chi connectivity index (χ0v) is 13.4. The summed E-state index contributed by atoms with van der Waals surface area (Å²) in [7, 11) is 0. The molecule has 3 aromatic rings. The number of imidazole rings is 1. The van der Waals surface area contributed by atoms with Crippen LogP contribution in [0.15, 0.2) is 42.5 Å². The summed E-state index contributed by atoms with van der Waals surface area (Å²) < 4.78 is 0. The molecule has 2 N–H and O–H groups in total. The zero-order valence-electron chi connectivity index (χ0n) is 12.6. The van der Waals surface area contributed by atoms with Gasteiger partial charge in [-0.25, -0.2) is 4.98 Å². The van der Waals surface area contributed by atoms with Crippen molar-refractivity contribution in [2.45, 2.75) is 13.0 Å². The van der Waals surface area contributed by atoms with E-state index in [9.17, 15) is 14.9 Å². The Labute approximate surface area is 141 Å². The van der Waals surface area contributed by atoms with E-state index in [0.29, 0.717) is 5.82 Å². The molecule has 0 aliphatic rings. The van der Waals surface area contributed by atoms with Gasteiger partial charge in [0.2, 0.25) is 0 Å². The SMILES string of the molecule is C[C@@H](NC(=O)c1ccc([N+](=O)[O-])cc1Cl)c1nc2ccccc2[nH]1. The number of fused-ring (bicyclic) bond motifs is 1. The maximum atomic E-state index is 12.3. The molecule has 0 saturated carbocycles. The highest BCUT2D eigenvalue weighted by Gasteiger charge is 2.18. The summed E-state index contributed by atoms with van der Waals surface area (Å²) in [6.45, 7) is 1.79. The first-order valence-electron chi connectivity index (χ1n) is 7.15. The lowest BCUT2D eigenvalue weighted by atomic mass is 10.1. The van der Waals surface area contributed by atoms with Crippen LogP contribution in [0.1, 0.15) is 29.1 Å². The molecule has 24 heavy (non-hydrogen) atoms. The van der Waals surface area contributed by atoms with Gasteiger partial charge in [-0.05, 0) is 25.1 Å². The lowest BCUT2D eigenvalue weighted by molar-refractivity contribution is -0.384. The molecule has 1 amide bonds. The molecule has 1 heterocycles. The van der Waals surface area contributed by atoms with Gasteiger partial charge < -0.3 is 10.3 Å². The Morgan fingerprint density at radius 1 is 1.33 bits per heavy atom. The van der Waals surface area contributed by atoms with Crippen LogP contribution in [0.25, 0.3) is 11.0 Å². The average Bonchev–Trinajstić information content (AvgIpc) is 2.98. The quantitative estimate of drug-likeness (QED) is 0.557. The molecule has 1 aromatic heterocycles. The summed E-state index contributed by atoms with van der Waals surface area (Å²) in [5, 5.41) is 13.5. The first-order chi connectivity index (χ1) is 11.5. The number of carbonyl (C=O) groups excluding carboxylic acids is 1. The number of non-ortho nitro benzene ring substituents is 1. The standard InChI is InChI=1S/C16H13ClN4O3/c1-9(15-19-13-4-2-3-5-14(13)20-15)18-16(22)11-7-6-10(21(23)24)8-12(11)17/h2-9H,1H3,(H,18,22)(H,19,20)/t9-/m1/s1. The number of aromatic nitrogens is 2. The number of rotatable bonds is 4. The number of benzene rings is 2. The molecule has 3 rings (SSSR count). The Morgan fingerprint density at radius 2 is 2.08 bits per heavy atom. The minimum absolute atomic E-state index is 0.0264. The van der Waals surface area contributed by atoms with Crippen molar-refractivity contribution in [2.75, 3.05) is 0 Å². The van der Waals surface area contributed by atoms with Gasteiger partial charge in [0.1, 0.15) is 5.82 Å². The van der Waals surface area contributed by atoms with E-state index in [2.05, 4.69) is 15.3 Å². The largest absolute Gasteiger partial charge is 0.342 e. The van der Waals surface area contributed by atoms with Crippen LogP contribution in [0.3, 0.4) is 0 Å². The maximum absolute atomic E-state index is 12.3. The molecule has 1 atom stereocenters. The van der Waals surface area contributed by atoms with E-state index < -0.39 is 10.8 Å². The second-order valence-electron chi connectivity index (χ2n) is 5.26. The molecule has 0 aliphatic heterocycles. The fourth-order valence-corrected chi connectivity index (χ4v) is 2.58. The number of nitrogens with one attached hydrogen (secondary N) is 2. The predicted molar refractivity (Wildman–Crippen MR) is 90.1 cm³/mol. The van der Waals surface area contributed by atoms with E-state index >= 15 is 0 Å². The fraction of sp³-hybridized carbons (Fsp3) is 0.125. The number of para-hydroxylation sites is 2. The Bertz CT molecular complexity index is 905. The predicted octanol–water partition coefficient (Wildman–Crippen LogP) is 3.62. The molecular formula is C16H13ClN4O3. The lowest BCUT2D eigenvalue weighted by Gasteiger charge is -2.12. The highest BCUT2D eigenvalue weighted by atomic mass is 35.5. The van der Waals surface area contributed by atoms with Crippen molar-refractivity contribution in [1.82, 2.24) is 15.3 Å². The van der Waals surface area contributed by atoms with Gasteiger partial charge in [-0.2, -0.15) is 0 Å². The van der Waals surface area contributed by atoms with Crippen molar-refractivity contribution in [1.29, 1.82) is 0 Å². The summed E-state index contributed by atoms with van der Waals surface area (Å²) in [6, 6.07) is 10.9. The van der Waals surface area contributed by atoms with E-state index in [4.69, 9.17) is 11.6 Å². The zero-order chi connectivity index (χ0) is 17.3. The van der Waals surface area contributed by atoms with Crippen LogP contribution in [-0.4, -0.2) is 20.8 Å². The Kier molecular flexibility index (Phi) is 4.18. The van der Waals surface area contributed by atoms with Crippen LogP contribution in [-0.2, 0) is 0 Å². The smallest absolute Gasteiger partial charge is 0.270 e. The van der Waals surface area contributed by atoms with Crippen LogP contribution in [0.2, 0.25) is 5.02 Å². The van der Waals surface area contributed by atoms with Crippen LogP contribution in [0.5, 0.6) is 0 Å². The highest BCUT2D eigenvalue weighted by molar-refractivity contribution is 6.34. The molecule has 0 bridgehead atoms.